The number of rotatable bonds is 6. The van der Waals surface area contributed by atoms with Gasteiger partial charge in [0.05, 0.1) is 18.0 Å². The maximum absolute atomic E-state index is 11.9. The SMILES string of the molecule is COCCS(=O)(=O)Cc1nnnn1-c1ccccc1. The molecule has 0 aliphatic heterocycles. The molecule has 0 spiro atoms. The summed E-state index contributed by atoms with van der Waals surface area (Å²) >= 11 is 0. The van der Waals surface area contributed by atoms with E-state index in [1.54, 1.807) is 0 Å². The van der Waals surface area contributed by atoms with E-state index in [2.05, 4.69) is 15.5 Å². The maximum atomic E-state index is 11.9. The lowest BCUT2D eigenvalue weighted by molar-refractivity contribution is 0.217. The van der Waals surface area contributed by atoms with E-state index in [4.69, 9.17) is 4.74 Å². The van der Waals surface area contributed by atoms with Crippen LogP contribution in [-0.4, -0.2) is 48.1 Å². The molecule has 0 fully saturated rings. The molecule has 0 aliphatic rings. The molecule has 8 heteroatoms. The molecular weight excluding hydrogens is 268 g/mol. The van der Waals surface area contributed by atoms with E-state index >= 15 is 0 Å². The van der Waals surface area contributed by atoms with Crippen molar-refractivity contribution in [1.82, 2.24) is 20.2 Å². The van der Waals surface area contributed by atoms with Crippen LogP contribution in [0.2, 0.25) is 0 Å². The lowest BCUT2D eigenvalue weighted by atomic mass is 10.3. The fraction of sp³-hybridized carbons (Fsp3) is 0.364. The van der Waals surface area contributed by atoms with Gasteiger partial charge in [0, 0.05) is 7.11 Å². The summed E-state index contributed by atoms with van der Waals surface area (Å²) in [5.74, 6) is 0.0333. The minimum absolute atomic E-state index is 0.0504. The van der Waals surface area contributed by atoms with Crippen LogP contribution < -0.4 is 0 Å². The van der Waals surface area contributed by atoms with Crippen LogP contribution in [0.1, 0.15) is 5.82 Å². The van der Waals surface area contributed by atoms with Crippen LogP contribution in [0, 0.1) is 0 Å². The Labute approximate surface area is 111 Å². The van der Waals surface area contributed by atoms with E-state index in [0.717, 1.165) is 5.69 Å². The van der Waals surface area contributed by atoms with Crippen molar-refractivity contribution in [2.75, 3.05) is 19.5 Å². The average molecular weight is 282 g/mol. The minimum Gasteiger partial charge on any atom is -0.384 e. The number of tetrazole rings is 1. The number of hydrogen-bond donors (Lipinski definition) is 0. The lowest BCUT2D eigenvalue weighted by Crippen LogP contribution is -2.16. The molecule has 0 atom stereocenters. The number of ether oxygens (including phenoxy) is 1. The molecule has 2 aromatic rings. The summed E-state index contributed by atoms with van der Waals surface area (Å²) < 4.78 is 29.9. The number of sulfone groups is 1. The van der Waals surface area contributed by atoms with E-state index in [1.165, 1.54) is 11.8 Å². The number of benzene rings is 1. The molecule has 1 heterocycles. The van der Waals surface area contributed by atoms with Crippen molar-refractivity contribution in [3.8, 4) is 5.69 Å². The molecule has 1 aromatic heterocycles. The highest BCUT2D eigenvalue weighted by Crippen LogP contribution is 2.09. The molecule has 0 saturated heterocycles. The second kappa shape index (κ2) is 5.89. The molecular formula is C11H14N4O3S. The Bertz CT molecular complexity index is 624. The zero-order chi connectivity index (χ0) is 13.7. The van der Waals surface area contributed by atoms with E-state index < -0.39 is 9.84 Å². The smallest absolute Gasteiger partial charge is 0.171 e. The summed E-state index contributed by atoms with van der Waals surface area (Å²) in [5, 5.41) is 11.1. The van der Waals surface area contributed by atoms with E-state index in [9.17, 15) is 8.42 Å². The first-order valence-electron chi connectivity index (χ1n) is 5.64. The predicted octanol–water partition coefficient (Wildman–Crippen LogP) is 0.223. The quantitative estimate of drug-likeness (QED) is 0.753. The molecule has 0 bridgehead atoms. The second-order valence-corrected chi connectivity index (χ2v) is 6.11. The van der Waals surface area contributed by atoms with Gasteiger partial charge in [0.25, 0.3) is 0 Å². The van der Waals surface area contributed by atoms with Crippen LogP contribution in [0.4, 0.5) is 0 Å². The second-order valence-electron chi connectivity index (χ2n) is 3.93. The molecule has 1 aromatic carbocycles. The van der Waals surface area contributed by atoms with Gasteiger partial charge in [-0.1, -0.05) is 18.2 Å². The van der Waals surface area contributed by atoms with E-state index in [1.807, 2.05) is 30.3 Å². The minimum atomic E-state index is -3.29. The fourth-order valence-electron chi connectivity index (χ4n) is 1.54. The Hall–Kier alpha value is -1.80. The Kier molecular flexibility index (Phi) is 4.23. The van der Waals surface area contributed by atoms with Gasteiger partial charge in [0.1, 0.15) is 5.75 Å². The third kappa shape index (κ3) is 3.58. The summed E-state index contributed by atoms with van der Waals surface area (Å²) in [6.07, 6.45) is 0. The van der Waals surface area contributed by atoms with Gasteiger partial charge < -0.3 is 4.74 Å². The van der Waals surface area contributed by atoms with Crippen molar-refractivity contribution in [3.63, 3.8) is 0 Å². The van der Waals surface area contributed by atoms with Crippen LogP contribution in [0.15, 0.2) is 30.3 Å². The fourth-order valence-corrected chi connectivity index (χ4v) is 2.68. The van der Waals surface area contributed by atoms with Gasteiger partial charge in [-0.2, -0.15) is 4.68 Å². The average Bonchev–Trinajstić information content (AvgIpc) is 2.85. The summed E-state index contributed by atoms with van der Waals surface area (Å²) in [4.78, 5) is 0. The topological polar surface area (TPSA) is 87.0 Å². The molecule has 2 rings (SSSR count). The zero-order valence-corrected chi connectivity index (χ0v) is 11.2. The van der Waals surface area contributed by atoms with Gasteiger partial charge in [-0.3, -0.25) is 0 Å². The van der Waals surface area contributed by atoms with Crippen molar-refractivity contribution < 1.29 is 13.2 Å². The van der Waals surface area contributed by atoms with Crippen LogP contribution in [0.3, 0.4) is 0 Å². The van der Waals surface area contributed by atoms with Crippen molar-refractivity contribution >= 4 is 9.84 Å². The summed E-state index contributed by atoms with van der Waals surface area (Å²) in [5.41, 5.74) is 0.726. The third-order valence-corrected chi connectivity index (χ3v) is 3.97. The number of para-hydroxylation sites is 1. The number of methoxy groups -OCH3 is 1. The first-order chi connectivity index (χ1) is 9.12. The highest BCUT2D eigenvalue weighted by Gasteiger charge is 2.18. The highest BCUT2D eigenvalue weighted by atomic mass is 32.2. The van der Waals surface area contributed by atoms with Gasteiger partial charge >= 0.3 is 0 Å². The number of hydrogen-bond acceptors (Lipinski definition) is 6. The molecule has 102 valence electrons. The zero-order valence-electron chi connectivity index (χ0n) is 10.4. The number of aromatic nitrogens is 4. The standard InChI is InChI=1S/C11H14N4O3S/c1-18-7-8-19(16,17)9-11-12-13-14-15(11)10-5-3-2-4-6-10/h2-6H,7-9H2,1H3. The van der Waals surface area contributed by atoms with Gasteiger partial charge in [0.15, 0.2) is 15.7 Å². The molecule has 0 radical (unpaired) electrons. The molecule has 0 N–H and O–H groups in total. The van der Waals surface area contributed by atoms with Crippen molar-refractivity contribution in [2.24, 2.45) is 0 Å². The molecule has 7 nitrogen and oxygen atoms in total. The Balaban J connectivity index is 2.22. The molecule has 0 amide bonds. The lowest BCUT2D eigenvalue weighted by Gasteiger charge is -2.05. The first kappa shape index (κ1) is 13.6. The van der Waals surface area contributed by atoms with Crippen LogP contribution in [0.25, 0.3) is 5.69 Å². The highest BCUT2D eigenvalue weighted by molar-refractivity contribution is 7.90. The predicted molar refractivity (Wildman–Crippen MR) is 68.5 cm³/mol. The summed E-state index contributed by atoms with van der Waals surface area (Å²) in [6.45, 7) is 0.162. The van der Waals surface area contributed by atoms with Gasteiger partial charge in [-0.05, 0) is 22.6 Å². The Morgan fingerprint density at radius 2 is 2.00 bits per heavy atom. The van der Waals surface area contributed by atoms with Crippen molar-refractivity contribution in [3.05, 3.63) is 36.2 Å². The third-order valence-electron chi connectivity index (χ3n) is 2.48. The maximum Gasteiger partial charge on any atom is 0.171 e. The first-order valence-corrected chi connectivity index (χ1v) is 7.46. The summed E-state index contributed by atoms with van der Waals surface area (Å²) in [6, 6.07) is 9.15. The monoisotopic (exact) mass is 282 g/mol. The summed E-state index contributed by atoms with van der Waals surface area (Å²) in [7, 11) is -1.82. The Morgan fingerprint density at radius 1 is 1.26 bits per heavy atom. The molecule has 19 heavy (non-hydrogen) atoms. The van der Waals surface area contributed by atoms with Gasteiger partial charge in [0.2, 0.25) is 0 Å². The van der Waals surface area contributed by atoms with Crippen LogP contribution in [-0.2, 0) is 20.3 Å². The normalized spacial score (nSPS) is 11.6. The Morgan fingerprint density at radius 3 is 2.68 bits per heavy atom. The van der Waals surface area contributed by atoms with Crippen molar-refractivity contribution in [2.45, 2.75) is 5.75 Å². The van der Waals surface area contributed by atoms with Gasteiger partial charge in [-0.25, -0.2) is 8.42 Å². The van der Waals surface area contributed by atoms with Gasteiger partial charge in [-0.15, -0.1) is 5.10 Å². The molecule has 0 unspecified atom stereocenters. The number of nitrogens with zero attached hydrogens (tertiary/aromatic N) is 4. The molecule has 0 aliphatic carbocycles. The van der Waals surface area contributed by atoms with E-state index in [0.29, 0.717) is 5.82 Å². The largest absolute Gasteiger partial charge is 0.384 e. The van der Waals surface area contributed by atoms with Crippen molar-refractivity contribution in [1.29, 1.82) is 0 Å². The van der Waals surface area contributed by atoms with E-state index in [-0.39, 0.29) is 18.1 Å². The molecule has 0 saturated carbocycles. The van der Waals surface area contributed by atoms with Crippen LogP contribution >= 0.6 is 0 Å². The van der Waals surface area contributed by atoms with Crippen LogP contribution in [0.5, 0.6) is 0 Å².